The van der Waals surface area contributed by atoms with Crippen LogP contribution in [0.2, 0.25) is 0 Å². The molecule has 1 aliphatic rings. The topological polar surface area (TPSA) is 59.9 Å². The van der Waals surface area contributed by atoms with E-state index in [1.165, 1.54) is 12.1 Å². The monoisotopic (exact) mass is 322 g/mol. The van der Waals surface area contributed by atoms with Gasteiger partial charge in [-0.15, -0.1) is 0 Å². The lowest BCUT2D eigenvalue weighted by molar-refractivity contribution is 0.167. The highest BCUT2D eigenvalue weighted by atomic mass is 19.1. The molecule has 0 saturated carbocycles. The van der Waals surface area contributed by atoms with Crippen LogP contribution in [0.25, 0.3) is 0 Å². The fourth-order valence-electron chi connectivity index (χ4n) is 2.79. The largest absolute Gasteiger partial charge is 0.505 e. The van der Waals surface area contributed by atoms with E-state index in [0.29, 0.717) is 18.6 Å². The zero-order valence-corrected chi connectivity index (χ0v) is 14.1. The molecule has 0 atom stereocenters. The Morgan fingerprint density at radius 2 is 2.09 bits per heavy atom. The average Bonchev–Trinajstić information content (AvgIpc) is 2.55. The highest BCUT2D eigenvalue weighted by molar-refractivity contribution is 5.79. The first-order chi connectivity index (χ1) is 11.0. The van der Waals surface area contributed by atoms with Crippen molar-refractivity contribution < 1.29 is 9.50 Å². The highest BCUT2D eigenvalue weighted by Crippen LogP contribution is 2.16. The Kier molecular flexibility index (Phi) is 6.21. The third-order valence-electron chi connectivity index (χ3n) is 4.30. The molecule has 6 heteroatoms. The predicted molar refractivity (Wildman–Crippen MR) is 91.1 cm³/mol. The lowest BCUT2D eigenvalue weighted by atomic mass is 10.0. The van der Waals surface area contributed by atoms with Crippen LogP contribution >= 0.6 is 0 Å². The summed E-state index contributed by atoms with van der Waals surface area (Å²) < 4.78 is 13.3. The second kappa shape index (κ2) is 8.15. The fourth-order valence-corrected chi connectivity index (χ4v) is 2.79. The molecule has 0 unspecified atom stereocenters. The van der Waals surface area contributed by atoms with E-state index >= 15 is 0 Å². The summed E-state index contributed by atoms with van der Waals surface area (Å²) in [5.74, 6) is -0.206. The molecule has 1 aromatic rings. The van der Waals surface area contributed by atoms with Crippen LogP contribution in [0.3, 0.4) is 0 Å². The summed E-state index contributed by atoms with van der Waals surface area (Å²) in [7, 11) is 1.73. The van der Waals surface area contributed by atoms with Gasteiger partial charge in [-0.3, -0.25) is 4.99 Å². The smallest absolute Gasteiger partial charge is 0.191 e. The molecule has 1 aliphatic heterocycles. The molecule has 0 bridgehead atoms. The van der Waals surface area contributed by atoms with Crippen molar-refractivity contribution in [2.24, 2.45) is 4.99 Å². The van der Waals surface area contributed by atoms with Gasteiger partial charge in [0.25, 0.3) is 0 Å². The van der Waals surface area contributed by atoms with Gasteiger partial charge in [-0.05, 0) is 44.4 Å². The van der Waals surface area contributed by atoms with Gasteiger partial charge in [-0.2, -0.15) is 0 Å². The van der Waals surface area contributed by atoms with E-state index in [1.54, 1.807) is 13.1 Å². The van der Waals surface area contributed by atoms with Gasteiger partial charge < -0.3 is 20.6 Å². The van der Waals surface area contributed by atoms with Crippen LogP contribution in [0.1, 0.15) is 32.3 Å². The van der Waals surface area contributed by atoms with Crippen molar-refractivity contribution >= 4 is 5.96 Å². The van der Waals surface area contributed by atoms with E-state index in [4.69, 9.17) is 0 Å². The molecule has 23 heavy (non-hydrogen) atoms. The van der Waals surface area contributed by atoms with E-state index in [2.05, 4.69) is 34.4 Å². The highest BCUT2D eigenvalue weighted by Gasteiger charge is 2.21. The van der Waals surface area contributed by atoms with E-state index in [1.807, 2.05) is 0 Å². The lowest BCUT2D eigenvalue weighted by Crippen LogP contribution is -2.49. The summed E-state index contributed by atoms with van der Waals surface area (Å²) in [6.07, 6.45) is 2.18. The van der Waals surface area contributed by atoms with Crippen LogP contribution in [0.5, 0.6) is 5.75 Å². The van der Waals surface area contributed by atoms with Gasteiger partial charge in [0, 0.05) is 38.8 Å². The summed E-state index contributed by atoms with van der Waals surface area (Å²) in [4.78, 5) is 6.71. The van der Waals surface area contributed by atoms with Gasteiger partial charge in [-0.1, -0.05) is 6.07 Å². The summed E-state index contributed by atoms with van der Waals surface area (Å²) in [6.45, 7) is 7.10. The number of rotatable bonds is 4. The van der Waals surface area contributed by atoms with Crippen LogP contribution in [0, 0.1) is 5.82 Å². The Balaban J connectivity index is 1.81. The summed E-state index contributed by atoms with van der Waals surface area (Å²) in [5, 5.41) is 15.8. The van der Waals surface area contributed by atoms with Gasteiger partial charge in [0.2, 0.25) is 0 Å². The molecule has 2 rings (SSSR count). The van der Waals surface area contributed by atoms with Gasteiger partial charge in [-0.25, -0.2) is 4.39 Å². The third kappa shape index (κ3) is 5.10. The van der Waals surface area contributed by atoms with Gasteiger partial charge in [0.15, 0.2) is 17.5 Å². The molecule has 0 aliphatic carbocycles. The molecule has 0 amide bonds. The molecule has 1 saturated heterocycles. The maximum Gasteiger partial charge on any atom is 0.191 e. The zero-order valence-electron chi connectivity index (χ0n) is 14.1. The van der Waals surface area contributed by atoms with Crippen LogP contribution in [0.4, 0.5) is 4.39 Å². The number of piperidine rings is 1. The maximum atomic E-state index is 13.3. The van der Waals surface area contributed by atoms with E-state index in [9.17, 15) is 9.50 Å². The molecule has 3 N–H and O–H groups in total. The number of nitrogens with zero attached hydrogens (tertiary/aromatic N) is 2. The normalized spacial score (nSPS) is 17.5. The molecular weight excluding hydrogens is 295 g/mol. The first-order valence-corrected chi connectivity index (χ1v) is 8.18. The molecule has 0 spiro atoms. The number of guanidine groups is 1. The minimum Gasteiger partial charge on any atom is -0.505 e. The molecule has 1 aromatic carbocycles. The second-order valence-corrected chi connectivity index (χ2v) is 6.26. The lowest BCUT2D eigenvalue weighted by Gasteiger charge is -2.35. The van der Waals surface area contributed by atoms with Crippen molar-refractivity contribution in [3.8, 4) is 5.75 Å². The molecule has 128 valence electrons. The number of hydrogen-bond acceptors (Lipinski definition) is 3. The number of aromatic hydroxyl groups is 1. The van der Waals surface area contributed by atoms with Crippen LogP contribution in [0.15, 0.2) is 23.2 Å². The molecule has 5 nitrogen and oxygen atoms in total. The van der Waals surface area contributed by atoms with Gasteiger partial charge in [0.1, 0.15) is 0 Å². The van der Waals surface area contributed by atoms with Crippen molar-refractivity contribution in [1.29, 1.82) is 0 Å². The van der Waals surface area contributed by atoms with Crippen LogP contribution in [-0.4, -0.2) is 48.2 Å². The number of phenols is 1. The number of phenolic OH excluding ortho intramolecular Hbond substituents is 1. The first-order valence-electron chi connectivity index (χ1n) is 8.18. The standard InChI is InChI=1S/C17H27FN4O/c1-12(2)22-8-6-14(7-9-22)21-17(19-3)20-11-13-4-5-16(23)15(18)10-13/h4-5,10,12,14,23H,6-9,11H2,1-3H3,(H2,19,20,21). The summed E-state index contributed by atoms with van der Waals surface area (Å²) >= 11 is 0. The number of benzene rings is 1. The van der Waals surface area contributed by atoms with E-state index < -0.39 is 5.82 Å². The molecule has 1 fully saturated rings. The Morgan fingerprint density at radius 3 is 2.65 bits per heavy atom. The van der Waals surface area contributed by atoms with Gasteiger partial charge in [0.05, 0.1) is 0 Å². The number of aliphatic imine (C=N–C) groups is 1. The Bertz CT molecular complexity index is 539. The second-order valence-electron chi connectivity index (χ2n) is 6.26. The zero-order chi connectivity index (χ0) is 16.8. The molecule has 0 aromatic heterocycles. The first kappa shape index (κ1) is 17.5. The Hall–Kier alpha value is -1.82. The van der Waals surface area contributed by atoms with E-state index in [0.717, 1.165) is 37.5 Å². The number of likely N-dealkylation sites (tertiary alicyclic amines) is 1. The van der Waals surface area contributed by atoms with Crippen LogP contribution in [-0.2, 0) is 6.54 Å². The quantitative estimate of drug-likeness (QED) is 0.587. The molecule has 1 heterocycles. The third-order valence-corrected chi connectivity index (χ3v) is 4.30. The Labute approximate surface area is 137 Å². The maximum absolute atomic E-state index is 13.3. The molecular formula is C17H27FN4O. The van der Waals surface area contributed by atoms with Crippen molar-refractivity contribution in [2.45, 2.75) is 45.3 Å². The van der Waals surface area contributed by atoms with Crippen molar-refractivity contribution in [2.75, 3.05) is 20.1 Å². The van der Waals surface area contributed by atoms with Crippen molar-refractivity contribution in [3.63, 3.8) is 0 Å². The number of nitrogens with one attached hydrogen (secondary N) is 2. The van der Waals surface area contributed by atoms with Crippen molar-refractivity contribution in [3.05, 3.63) is 29.6 Å². The summed E-state index contributed by atoms with van der Waals surface area (Å²) in [6, 6.07) is 5.39. The predicted octanol–water partition coefficient (Wildman–Crippen LogP) is 2.07. The van der Waals surface area contributed by atoms with Crippen LogP contribution < -0.4 is 10.6 Å². The summed E-state index contributed by atoms with van der Waals surface area (Å²) in [5.41, 5.74) is 0.762. The minimum absolute atomic E-state index is 0.326. The SMILES string of the molecule is CN=C(NCc1ccc(O)c(F)c1)NC1CCN(C(C)C)CC1. The minimum atomic E-state index is -0.603. The van der Waals surface area contributed by atoms with E-state index in [-0.39, 0.29) is 5.75 Å². The fraction of sp³-hybridized carbons (Fsp3) is 0.588. The average molecular weight is 322 g/mol. The van der Waals surface area contributed by atoms with Gasteiger partial charge >= 0.3 is 0 Å². The Morgan fingerprint density at radius 1 is 1.39 bits per heavy atom. The molecule has 0 radical (unpaired) electrons. The number of hydrogen-bond donors (Lipinski definition) is 3. The van der Waals surface area contributed by atoms with Crippen molar-refractivity contribution in [1.82, 2.24) is 15.5 Å². The number of halogens is 1.